The number of nitrogens with zero attached hydrogens (tertiary/aromatic N) is 1. The molecule has 1 aromatic carbocycles. The van der Waals surface area contributed by atoms with Crippen LogP contribution in [0.25, 0.3) is 0 Å². The second kappa shape index (κ2) is 7.90. The van der Waals surface area contributed by atoms with Crippen LogP contribution in [-0.2, 0) is 5.41 Å². The highest BCUT2D eigenvalue weighted by molar-refractivity contribution is 7.80. The first-order valence-electron chi connectivity index (χ1n) is 8.43. The highest BCUT2D eigenvalue weighted by Crippen LogP contribution is 2.40. The maximum absolute atomic E-state index is 6.20. The largest absolute Gasteiger partial charge is 0.362 e. The van der Waals surface area contributed by atoms with E-state index in [4.69, 9.17) is 35.4 Å². The van der Waals surface area contributed by atoms with Gasteiger partial charge in [0.05, 0.1) is 15.7 Å². The molecule has 0 unspecified atom stereocenters. The fourth-order valence-corrected chi connectivity index (χ4v) is 4.03. The van der Waals surface area contributed by atoms with Gasteiger partial charge in [0.15, 0.2) is 10.9 Å². The van der Waals surface area contributed by atoms with Crippen LogP contribution in [0, 0.1) is 6.92 Å². The van der Waals surface area contributed by atoms with Gasteiger partial charge in [0.2, 0.25) is 0 Å². The molecular weight excluding hydrogens is 373 g/mol. The minimum Gasteiger partial charge on any atom is -0.362 e. The summed E-state index contributed by atoms with van der Waals surface area (Å²) in [5.74, 6) is 0.529. The third-order valence-electron chi connectivity index (χ3n) is 4.87. The number of benzene rings is 1. The second-order valence-corrected chi connectivity index (χ2v) is 7.77. The molecule has 2 aromatic rings. The maximum Gasteiger partial charge on any atom is 0.172 e. The van der Waals surface area contributed by atoms with Gasteiger partial charge in [-0.25, -0.2) is 4.98 Å². The average molecular weight is 394 g/mol. The van der Waals surface area contributed by atoms with Gasteiger partial charge < -0.3 is 10.6 Å². The molecule has 0 bridgehead atoms. The molecule has 1 fully saturated rings. The number of hydrogen-bond donors (Lipinski definition) is 2. The molecule has 6 heteroatoms. The van der Waals surface area contributed by atoms with Gasteiger partial charge in [0.1, 0.15) is 0 Å². The summed E-state index contributed by atoms with van der Waals surface area (Å²) < 4.78 is 0. The van der Waals surface area contributed by atoms with E-state index >= 15 is 0 Å². The van der Waals surface area contributed by atoms with E-state index in [1.165, 1.54) is 31.2 Å². The van der Waals surface area contributed by atoms with Crippen molar-refractivity contribution in [2.45, 2.75) is 38.0 Å². The van der Waals surface area contributed by atoms with Crippen LogP contribution in [0.3, 0.4) is 0 Å². The van der Waals surface area contributed by atoms with Crippen molar-refractivity contribution in [3.8, 4) is 0 Å². The summed E-state index contributed by atoms with van der Waals surface area (Å²) in [5.41, 5.74) is 2.23. The van der Waals surface area contributed by atoms with Gasteiger partial charge >= 0.3 is 0 Å². The molecule has 0 radical (unpaired) electrons. The third kappa shape index (κ3) is 4.25. The Morgan fingerprint density at radius 2 is 1.84 bits per heavy atom. The molecule has 25 heavy (non-hydrogen) atoms. The SMILES string of the molecule is Cc1nc(NC(=S)NCC2(c3ccccc3)CCCC2)c(Cl)cc1Cl. The normalized spacial score (nSPS) is 15.8. The first kappa shape index (κ1) is 18.4. The summed E-state index contributed by atoms with van der Waals surface area (Å²) in [6, 6.07) is 12.4. The van der Waals surface area contributed by atoms with Gasteiger partial charge in [-0.3, -0.25) is 0 Å². The zero-order chi connectivity index (χ0) is 17.9. The van der Waals surface area contributed by atoms with E-state index in [2.05, 4.69) is 45.9 Å². The van der Waals surface area contributed by atoms with Gasteiger partial charge in [-0.05, 0) is 43.6 Å². The molecular formula is C19H21Cl2N3S. The van der Waals surface area contributed by atoms with Crippen molar-refractivity contribution in [1.82, 2.24) is 10.3 Å². The van der Waals surface area contributed by atoms with Gasteiger partial charge in [0, 0.05) is 12.0 Å². The lowest BCUT2D eigenvalue weighted by molar-refractivity contribution is 0.435. The minimum absolute atomic E-state index is 0.139. The fraction of sp³-hybridized carbons (Fsp3) is 0.368. The van der Waals surface area contributed by atoms with Crippen LogP contribution >= 0.6 is 35.4 Å². The van der Waals surface area contributed by atoms with Crippen LogP contribution in [0.2, 0.25) is 10.0 Å². The molecule has 0 amide bonds. The van der Waals surface area contributed by atoms with Crippen LogP contribution in [0.1, 0.15) is 36.9 Å². The highest BCUT2D eigenvalue weighted by Gasteiger charge is 2.35. The van der Waals surface area contributed by atoms with Crippen molar-refractivity contribution in [1.29, 1.82) is 0 Å². The predicted molar refractivity (Wildman–Crippen MR) is 110 cm³/mol. The molecule has 1 aliphatic carbocycles. The highest BCUT2D eigenvalue weighted by atomic mass is 35.5. The third-order valence-corrected chi connectivity index (χ3v) is 5.79. The Hall–Kier alpha value is -1.36. The summed E-state index contributed by atoms with van der Waals surface area (Å²) in [4.78, 5) is 4.36. The zero-order valence-corrected chi connectivity index (χ0v) is 16.4. The van der Waals surface area contributed by atoms with Crippen molar-refractivity contribution >= 4 is 46.4 Å². The van der Waals surface area contributed by atoms with Crippen molar-refractivity contribution < 1.29 is 0 Å². The number of halogens is 2. The summed E-state index contributed by atoms with van der Waals surface area (Å²) in [6.45, 7) is 2.64. The van der Waals surface area contributed by atoms with Crippen LogP contribution in [0.15, 0.2) is 36.4 Å². The van der Waals surface area contributed by atoms with Crippen molar-refractivity contribution in [3.63, 3.8) is 0 Å². The van der Waals surface area contributed by atoms with E-state index in [1.807, 2.05) is 6.92 Å². The fourth-order valence-electron chi connectivity index (χ4n) is 3.46. The Bertz CT molecular complexity index is 759. The molecule has 0 saturated heterocycles. The lowest BCUT2D eigenvalue weighted by Crippen LogP contribution is -2.40. The molecule has 1 saturated carbocycles. The number of pyridine rings is 1. The number of hydrogen-bond acceptors (Lipinski definition) is 2. The molecule has 1 heterocycles. The van der Waals surface area contributed by atoms with Gasteiger partial charge in [-0.1, -0.05) is 66.4 Å². The monoisotopic (exact) mass is 393 g/mol. The topological polar surface area (TPSA) is 37.0 Å². The van der Waals surface area contributed by atoms with Crippen LogP contribution < -0.4 is 10.6 Å². The number of aryl methyl sites for hydroxylation is 1. The van der Waals surface area contributed by atoms with Crippen LogP contribution in [0.4, 0.5) is 5.82 Å². The Morgan fingerprint density at radius 1 is 1.16 bits per heavy atom. The summed E-state index contributed by atoms with van der Waals surface area (Å²) in [5, 5.41) is 7.98. The average Bonchev–Trinajstić information content (AvgIpc) is 3.09. The van der Waals surface area contributed by atoms with E-state index in [-0.39, 0.29) is 5.41 Å². The molecule has 1 aromatic heterocycles. The van der Waals surface area contributed by atoms with Gasteiger partial charge in [-0.15, -0.1) is 0 Å². The Balaban J connectivity index is 1.68. The van der Waals surface area contributed by atoms with Gasteiger partial charge in [0.25, 0.3) is 0 Å². The number of nitrogens with one attached hydrogen (secondary N) is 2. The molecule has 3 rings (SSSR count). The number of anilines is 1. The van der Waals surface area contributed by atoms with E-state index < -0.39 is 0 Å². The maximum atomic E-state index is 6.20. The molecule has 0 spiro atoms. The lowest BCUT2D eigenvalue weighted by atomic mass is 9.79. The quantitative estimate of drug-likeness (QED) is 0.672. The Kier molecular flexibility index (Phi) is 5.82. The van der Waals surface area contributed by atoms with Crippen molar-refractivity contribution in [2.75, 3.05) is 11.9 Å². The lowest BCUT2D eigenvalue weighted by Gasteiger charge is -2.30. The summed E-state index contributed by atoms with van der Waals surface area (Å²) in [6.07, 6.45) is 4.85. The van der Waals surface area contributed by atoms with Gasteiger partial charge in [-0.2, -0.15) is 0 Å². The standard InChI is InChI=1S/C19H21Cl2N3S/c1-13-15(20)11-16(21)17(23-13)24-18(25)22-12-19(9-5-6-10-19)14-7-3-2-4-8-14/h2-4,7-8,11H,5-6,9-10,12H2,1H3,(H2,22,23,24,25). The van der Waals surface area contributed by atoms with E-state index in [1.54, 1.807) is 6.07 Å². The second-order valence-electron chi connectivity index (χ2n) is 6.55. The molecule has 1 aliphatic rings. The van der Waals surface area contributed by atoms with E-state index in [0.29, 0.717) is 26.7 Å². The van der Waals surface area contributed by atoms with E-state index in [9.17, 15) is 0 Å². The first-order chi connectivity index (χ1) is 12.0. The summed E-state index contributed by atoms with van der Waals surface area (Å²) >= 11 is 17.7. The molecule has 0 atom stereocenters. The summed E-state index contributed by atoms with van der Waals surface area (Å²) in [7, 11) is 0. The van der Waals surface area contributed by atoms with Crippen LogP contribution in [-0.4, -0.2) is 16.6 Å². The van der Waals surface area contributed by atoms with Crippen molar-refractivity contribution in [3.05, 3.63) is 57.7 Å². The molecule has 2 N–H and O–H groups in total. The van der Waals surface area contributed by atoms with Crippen LogP contribution in [0.5, 0.6) is 0 Å². The molecule has 0 aliphatic heterocycles. The number of rotatable bonds is 4. The predicted octanol–water partition coefficient (Wildman–Crippen LogP) is 5.50. The number of aromatic nitrogens is 1. The Labute approximate surface area is 164 Å². The van der Waals surface area contributed by atoms with Crippen molar-refractivity contribution in [2.24, 2.45) is 0 Å². The smallest absolute Gasteiger partial charge is 0.172 e. The van der Waals surface area contributed by atoms with E-state index in [0.717, 1.165) is 6.54 Å². The molecule has 132 valence electrons. The first-order valence-corrected chi connectivity index (χ1v) is 9.60. The Morgan fingerprint density at radius 3 is 2.52 bits per heavy atom. The number of thiocarbonyl (C=S) groups is 1. The molecule has 3 nitrogen and oxygen atoms in total. The zero-order valence-electron chi connectivity index (χ0n) is 14.1. The minimum atomic E-state index is 0.139.